The van der Waals surface area contributed by atoms with Gasteiger partial charge in [0.25, 0.3) is 0 Å². The first-order valence-corrected chi connectivity index (χ1v) is 6.76. The molecule has 1 saturated heterocycles. The van der Waals surface area contributed by atoms with Gasteiger partial charge in [0.2, 0.25) is 5.91 Å². The SMILES string of the molecule is CC1C(C2CCCCC2)C(=O)N1C(C)(C)C. The highest BCUT2D eigenvalue weighted by Crippen LogP contribution is 2.42. The molecular formula is C14H25NO. The van der Waals surface area contributed by atoms with Crippen LogP contribution in [0.25, 0.3) is 0 Å². The molecule has 2 atom stereocenters. The molecule has 0 N–H and O–H groups in total. The lowest BCUT2D eigenvalue weighted by molar-refractivity contribution is -0.170. The van der Waals surface area contributed by atoms with Gasteiger partial charge in [-0.15, -0.1) is 0 Å². The van der Waals surface area contributed by atoms with Crippen molar-refractivity contribution in [3.63, 3.8) is 0 Å². The fraction of sp³-hybridized carbons (Fsp3) is 0.929. The van der Waals surface area contributed by atoms with E-state index in [1.807, 2.05) is 0 Å². The largest absolute Gasteiger partial charge is 0.334 e. The van der Waals surface area contributed by atoms with Crippen LogP contribution in [-0.2, 0) is 4.79 Å². The van der Waals surface area contributed by atoms with Crippen molar-refractivity contribution >= 4 is 5.91 Å². The summed E-state index contributed by atoms with van der Waals surface area (Å²) in [4.78, 5) is 14.3. The van der Waals surface area contributed by atoms with Crippen LogP contribution in [0.3, 0.4) is 0 Å². The maximum atomic E-state index is 12.2. The second-order valence-electron chi connectivity index (χ2n) is 6.54. The van der Waals surface area contributed by atoms with Crippen LogP contribution in [0.1, 0.15) is 59.8 Å². The summed E-state index contributed by atoms with van der Waals surface area (Å²) in [6, 6.07) is 0.454. The number of carbonyl (C=O) groups is 1. The maximum absolute atomic E-state index is 12.2. The molecule has 0 aromatic heterocycles. The first-order chi connectivity index (χ1) is 7.43. The van der Waals surface area contributed by atoms with E-state index in [9.17, 15) is 4.79 Å². The second kappa shape index (κ2) is 4.05. The average molecular weight is 223 g/mol. The molecule has 92 valence electrons. The Bertz CT molecular complexity index is 273. The van der Waals surface area contributed by atoms with Crippen LogP contribution in [0.15, 0.2) is 0 Å². The lowest BCUT2D eigenvalue weighted by Gasteiger charge is -2.55. The molecule has 2 nitrogen and oxygen atoms in total. The van der Waals surface area contributed by atoms with Crippen molar-refractivity contribution in [1.82, 2.24) is 4.90 Å². The molecule has 0 aromatic rings. The topological polar surface area (TPSA) is 20.3 Å². The third-order valence-electron chi connectivity index (χ3n) is 4.33. The molecule has 0 bridgehead atoms. The van der Waals surface area contributed by atoms with Gasteiger partial charge in [0.1, 0.15) is 0 Å². The molecule has 1 aliphatic carbocycles. The van der Waals surface area contributed by atoms with Crippen molar-refractivity contribution in [2.75, 3.05) is 0 Å². The van der Waals surface area contributed by atoms with Crippen LogP contribution in [0.4, 0.5) is 0 Å². The molecule has 16 heavy (non-hydrogen) atoms. The van der Waals surface area contributed by atoms with Crippen LogP contribution in [0.2, 0.25) is 0 Å². The quantitative estimate of drug-likeness (QED) is 0.625. The van der Waals surface area contributed by atoms with Crippen LogP contribution < -0.4 is 0 Å². The van der Waals surface area contributed by atoms with Gasteiger partial charge < -0.3 is 4.90 Å². The molecule has 0 radical (unpaired) electrons. The van der Waals surface area contributed by atoms with E-state index >= 15 is 0 Å². The number of hydrogen-bond acceptors (Lipinski definition) is 1. The van der Waals surface area contributed by atoms with E-state index in [4.69, 9.17) is 0 Å². The molecule has 2 fully saturated rings. The molecule has 2 heteroatoms. The maximum Gasteiger partial charge on any atom is 0.228 e. The highest BCUT2D eigenvalue weighted by Gasteiger charge is 2.51. The number of β-lactam (4-membered cyclic amide) rings is 1. The lowest BCUT2D eigenvalue weighted by atomic mass is 9.70. The summed E-state index contributed by atoms with van der Waals surface area (Å²) in [5, 5.41) is 0. The Balaban J connectivity index is 2.02. The average Bonchev–Trinajstić information content (AvgIpc) is 2.17. The first kappa shape index (κ1) is 11.9. The molecule has 0 aromatic carbocycles. The summed E-state index contributed by atoms with van der Waals surface area (Å²) < 4.78 is 0. The second-order valence-corrected chi connectivity index (χ2v) is 6.54. The summed E-state index contributed by atoms with van der Waals surface area (Å²) >= 11 is 0. The zero-order chi connectivity index (χ0) is 11.9. The Hall–Kier alpha value is -0.530. The Kier molecular flexibility index (Phi) is 3.02. The third-order valence-corrected chi connectivity index (χ3v) is 4.33. The number of amides is 1. The molecule has 2 rings (SSSR count). The minimum absolute atomic E-state index is 0.00165. The number of rotatable bonds is 1. The Morgan fingerprint density at radius 1 is 1.12 bits per heavy atom. The highest BCUT2D eigenvalue weighted by atomic mass is 16.2. The lowest BCUT2D eigenvalue weighted by Crippen LogP contribution is -2.67. The van der Waals surface area contributed by atoms with Gasteiger partial charge in [0.05, 0.1) is 5.92 Å². The summed E-state index contributed by atoms with van der Waals surface area (Å²) in [5.74, 6) is 1.42. The third kappa shape index (κ3) is 1.87. The predicted octanol–water partition coefficient (Wildman–Crippen LogP) is 3.21. The highest BCUT2D eigenvalue weighted by molar-refractivity contribution is 5.87. The van der Waals surface area contributed by atoms with Crippen LogP contribution in [0.5, 0.6) is 0 Å². The fourth-order valence-electron chi connectivity index (χ4n) is 3.68. The van der Waals surface area contributed by atoms with Crippen molar-refractivity contribution in [2.24, 2.45) is 11.8 Å². The minimum atomic E-state index is 0.00165. The van der Waals surface area contributed by atoms with Crippen molar-refractivity contribution in [1.29, 1.82) is 0 Å². The van der Waals surface area contributed by atoms with Gasteiger partial charge in [-0.2, -0.15) is 0 Å². The van der Waals surface area contributed by atoms with E-state index in [2.05, 4.69) is 32.6 Å². The number of nitrogens with zero attached hydrogens (tertiary/aromatic N) is 1. The van der Waals surface area contributed by atoms with Gasteiger partial charge in [0.15, 0.2) is 0 Å². The molecular weight excluding hydrogens is 198 g/mol. The van der Waals surface area contributed by atoms with E-state index < -0.39 is 0 Å². The monoisotopic (exact) mass is 223 g/mol. The van der Waals surface area contributed by atoms with Gasteiger partial charge in [-0.05, 0) is 46.5 Å². The standard InChI is InChI=1S/C14H25NO/c1-10-12(11-8-6-5-7-9-11)13(16)15(10)14(2,3)4/h10-12H,5-9H2,1-4H3. The normalized spacial score (nSPS) is 32.8. The van der Waals surface area contributed by atoms with E-state index in [0.29, 0.717) is 23.8 Å². The molecule has 1 aliphatic heterocycles. The van der Waals surface area contributed by atoms with Crippen LogP contribution in [-0.4, -0.2) is 22.4 Å². The van der Waals surface area contributed by atoms with Crippen molar-refractivity contribution in [2.45, 2.75) is 71.4 Å². The van der Waals surface area contributed by atoms with Crippen molar-refractivity contribution < 1.29 is 4.79 Å². The molecule has 2 aliphatic rings. The summed E-state index contributed by atoms with van der Waals surface area (Å²) in [5.41, 5.74) is 0.00165. The van der Waals surface area contributed by atoms with Gasteiger partial charge in [-0.3, -0.25) is 4.79 Å². The van der Waals surface area contributed by atoms with E-state index in [1.165, 1.54) is 32.1 Å². The molecule has 2 unspecified atom stereocenters. The van der Waals surface area contributed by atoms with Crippen LogP contribution >= 0.6 is 0 Å². The van der Waals surface area contributed by atoms with E-state index in [-0.39, 0.29) is 5.54 Å². The van der Waals surface area contributed by atoms with Gasteiger partial charge in [0, 0.05) is 11.6 Å². The van der Waals surface area contributed by atoms with Gasteiger partial charge in [-0.25, -0.2) is 0 Å². The van der Waals surface area contributed by atoms with Crippen molar-refractivity contribution in [3.05, 3.63) is 0 Å². The molecule has 1 heterocycles. The Morgan fingerprint density at radius 2 is 1.69 bits per heavy atom. The molecule has 0 spiro atoms. The van der Waals surface area contributed by atoms with Crippen molar-refractivity contribution in [3.8, 4) is 0 Å². The first-order valence-electron chi connectivity index (χ1n) is 6.76. The predicted molar refractivity (Wildman–Crippen MR) is 66.1 cm³/mol. The number of likely N-dealkylation sites (tertiary alicyclic amines) is 1. The minimum Gasteiger partial charge on any atom is -0.334 e. The zero-order valence-corrected chi connectivity index (χ0v) is 11.1. The summed E-state index contributed by atoms with van der Waals surface area (Å²) in [6.07, 6.45) is 6.58. The fourth-order valence-corrected chi connectivity index (χ4v) is 3.68. The van der Waals surface area contributed by atoms with Crippen LogP contribution in [0, 0.1) is 11.8 Å². The molecule has 1 amide bonds. The number of hydrogen-bond donors (Lipinski definition) is 0. The van der Waals surface area contributed by atoms with E-state index in [0.717, 1.165) is 0 Å². The zero-order valence-electron chi connectivity index (χ0n) is 11.1. The van der Waals surface area contributed by atoms with Gasteiger partial charge >= 0.3 is 0 Å². The van der Waals surface area contributed by atoms with Gasteiger partial charge in [-0.1, -0.05) is 19.3 Å². The molecule has 1 saturated carbocycles. The summed E-state index contributed by atoms with van der Waals surface area (Å²) in [6.45, 7) is 8.64. The Labute approximate surface area is 99.4 Å². The summed E-state index contributed by atoms with van der Waals surface area (Å²) in [7, 11) is 0. The number of carbonyl (C=O) groups excluding carboxylic acids is 1. The van der Waals surface area contributed by atoms with E-state index in [1.54, 1.807) is 0 Å². The Morgan fingerprint density at radius 3 is 2.12 bits per heavy atom. The smallest absolute Gasteiger partial charge is 0.228 e.